The van der Waals surface area contributed by atoms with E-state index in [-0.39, 0.29) is 23.9 Å². The molecule has 3 aromatic rings. The van der Waals surface area contributed by atoms with E-state index in [0.29, 0.717) is 17.1 Å². The number of carbonyl (C=O) groups is 3. The zero-order valence-corrected chi connectivity index (χ0v) is 17.2. The van der Waals surface area contributed by atoms with Crippen LogP contribution < -0.4 is 21.1 Å². The van der Waals surface area contributed by atoms with Gasteiger partial charge in [-0.3, -0.25) is 14.4 Å². The molecule has 9 nitrogen and oxygen atoms in total. The molecule has 3 rings (SSSR count). The fourth-order valence-corrected chi connectivity index (χ4v) is 3.03. The number of aromatic nitrogens is 2. The van der Waals surface area contributed by atoms with E-state index in [4.69, 9.17) is 10.5 Å². The van der Waals surface area contributed by atoms with E-state index in [1.54, 1.807) is 49.7 Å². The van der Waals surface area contributed by atoms with Crippen LogP contribution >= 0.6 is 0 Å². The summed E-state index contributed by atoms with van der Waals surface area (Å²) >= 11 is 0. The fourth-order valence-electron chi connectivity index (χ4n) is 3.03. The number of hydrogen-bond acceptors (Lipinski definition) is 5. The molecule has 0 spiro atoms. The Hall–Kier alpha value is -4.14. The number of rotatable bonds is 8. The minimum atomic E-state index is -0.604. The van der Waals surface area contributed by atoms with E-state index in [9.17, 15) is 14.4 Å². The first-order valence-electron chi connectivity index (χ1n) is 9.52. The molecule has 2 aromatic carbocycles. The quantitative estimate of drug-likeness (QED) is 0.514. The minimum Gasteiger partial charge on any atom is -0.497 e. The van der Waals surface area contributed by atoms with Gasteiger partial charge in [0.1, 0.15) is 11.4 Å². The molecule has 31 heavy (non-hydrogen) atoms. The second kappa shape index (κ2) is 9.57. The van der Waals surface area contributed by atoms with Gasteiger partial charge in [-0.1, -0.05) is 12.1 Å². The van der Waals surface area contributed by atoms with Crippen LogP contribution in [-0.4, -0.2) is 34.6 Å². The van der Waals surface area contributed by atoms with Crippen molar-refractivity contribution in [2.45, 2.75) is 19.4 Å². The van der Waals surface area contributed by atoms with Gasteiger partial charge in [0.25, 0.3) is 5.91 Å². The average Bonchev–Trinajstić information content (AvgIpc) is 3.24. The molecule has 0 aliphatic rings. The lowest BCUT2D eigenvalue weighted by Crippen LogP contribution is -2.29. The van der Waals surface area contributed by atoms with E-state index in [1.165, 1.54) is 17.7 Å². The monoisotopic (exact) mass is 421 g/mol. The first-order chi connectivity index (χ1) is 14.9. The summed E-state index contributed by atoms with van der Waals surface area (Å²) in [6, 6.07) is 15.2. The molecule has 0 bridgehead atoms. The number of nitrogens with one attached hydrogen (secondary N) is 2. The second-order valence-corrected chi connectivity index (χ2v) is 6.84. The summed E-state index contributed by atoms with van der Waals surface area (Å²) in [6.45, 7) is 1.41. The van der Waals surface area contributed by atoms with E-state index in [0.717, 1.165) is 5.56 Å². The number of nitrogens with two attached hydrogens (primary N) is 1. The number of ether oxygens (including phenoxy) is 1. The van der Waals surface area contributed by atoms with Crippen molar-refractivity contribution >= 4 is 23.4 Å². The van der Waals surface area contributed by atoms with Crippen LogP contribution in [-0.2, 0) is 9.59 Å². The third kappa shape index (κ3) is 5.69. The zero-order chi connectivity index (χ0) is 22.4. The smallest absolute Gasteiger partial charge is 0.269 e. The first kappa shape index (κ1) is 21.6. The van der Waals surface area contributed by atoms with Crippen LogP contribution in [0.5, 0.6) is 5.75 Å². The number of amides is 3. The highest BCUT2D eigenvalue weighted by atomic mass is 16.5. The maximum atomic E-state index is 12.6. The summed E-state index contributed by atoms with van der Waals surface area (Å²) in [5.41, 5.74) is 7.48. The van der Waals surface area contributed by atoms with E-state index in [1.807, 2.05) is 12.1 Å². The summed E-state index contributed by atoms with van der Waals surface area (Å²) in [4.78, 5) is 35.4. The highest BCUT2D eigenvalue weighted by Gasteiger charge is 2.17. The Morgan fingerprint density at radius 2 is 1.74 bits per heavy atom. The predicted molar refractivity (Wildman–Crippen MR) is 115 cm³/mol. The topological polar surface area (TPSA) is 128 Å². The molecule has 0 aliphatic heterocycles. The van der Waals surface area contributed by atoms with E-state index >= 15 is 0 Å². The molecule has 0 saturated carbocycles. The number of hydrogen-bond donors (Lipinski definition) is 3. The van der Waals surface area contributed by atoms with Gasteiger partial charge in [0.2, 0.25) is 11.8 Å². The van der Waals surface area contributed by atoms with Crippen molar-refractivity contribution in [2.75, 3.05) is 12.4 Å². The van der Waals surface area contributed by atoms with Crippen molar-refractivity contribution in [1.82, 2.24) is 15.1 Å². The second-order valence-electron chi connectivity index (χ2n) is 6.84. The van der Waals surface area contributed by atoms with E-state index in [2.05, 4.69) is 15.7 Å². The summed E-state index contributed by atoms with van der Waals surface area (Å²) in [6.07, 6.45) is 1.69. The Bertz CT molecular complexity index is 1070. The molecule has 160 valence electrons. The Kier molecular flexibility index (Phi) is 6.66. The molecule has 1 unspecified atom stereocenters. The number of nitrogens with zero attached hydrogens (tertiary/aromatic N) is 2. The van der Waals surface area contributed by atoms with Crippen LogP contribution in [0.4, 0.5) is 5.69 Å². The van der Waals surface area contributed by atoms with Crippen LogP contribution in [0.15, 0.2) is 60.8 Å². The third-order valence-electron chi connectivity index (χ3n) is 4.54. The molecule has 0 saturated heterocycles. The number of benzene rings is 2. The summed E-state index contributed by atoms with van der Waals surface area (Å²) in [5.74, 6) is -0.395. The molecule has 9 heteroatoms. The van der Waals surface area contributed by atoms with Crippen molar-refractivity contribution in [2.24, 2.45) is 5.73 Å². The SMILES string of the molecule is COc1ccc(C(CC(=O)Nc2ccc(-n3ccc(C(N)=O)n3)cc2)NC(C)=O)cc1. The van der Waals surface area contributed by atoms with Crippen molar-refractivity contribution in [3.63, 3.8) is 0 Å². The van der Waals surface area contributed by atoms with Gasteiger partial charge in [-0.2, -0.15) is 5.10 Å². The highest BCUT2D eigenvalue weighted by molar-refractivity contribution is 5.92. The standard InChI is InChI=1S/C22H23N5O4/c1-14(28)24-20(15-3-9-18(31-2)10-4-15)13-21(29)25-16-5-7-17(8-6-16)27-12-11-19(26-27)22(23)30/h3-12,20H,13H2,1-2H3,(H2,23,30)(H,24,28)(H,25,29). The maximum absolute atomic E-state index is 12.6. The van der Waals surface area contributed by atoms with Gasteiger partial charge in [-0.25, -0.2) is 4.68 Å². The van der Waals surface area contributed by atoms with Crippen LogP contribution in [0.2, 0.25) is 0 Å². The van der Waals surface area contributed by atoms with Gasteiger partial charge in [-0.15, -0.1) is 0 Å². The van der Waals surface area contributed by atoms with E-state index < -0.39 is 11.9 Å². The molecule has 1 atom stereocenters. The number of anilines is 1. The number of primary amides is 1. The zero-order valence-electron chi connectivity index (χ0n) is 17.2. The number of carbonyl (C=O) groups excluding carboxylic acids is 3. The van der Waals surface area contributed by atoms with Crippen LogP contribution in [0, 0.1) is 0 Å². The van der Waals surface area contributed by atoms with Crippen molar-refractivity contribution in [3.8, 4) is 11.4 Å². The molecule has 4 N–H and O–H groups in total. The van der Waals surface area contributed by atoms with Crippen molar-refractivity contribution in [3.05, 3.63) is 72.1 Å². The van der Waals surface area contributed by atoms with Crippen LogP contribution in [0.3, 0.4) is 0 Å². The van der Waals surface area contributed by atoms with Crippen LogP contribution in [0.25, 0.3) is 5.69 Å². The molecule has 0 aliphatic carbocycles. The largest absolute Gasteiger partial charge is 0.497 e. The molecule has 1 heterocycles. The summed E-state index contributed by atoms with van der Waals surface area (Å²) in [5, 5.41) is 9.71. The van der Waals surface area contributed by atoms with Crippen molar-refractivity contribution < 1.29 is 19.1 Å². The maximum Gasteiger partial charge on any atom is 0.269 e. The number of methoxy groups -OCH3 is 1. The predicted octanol–water partition coefficient (Wildman–Crippen LogP) is 2.19. The lowest BCUT2D eigenvalue weighted by molar-refractivity contribution is -0.120. The van der Waals surface area contributed by atoms with Gasteiger partial charge in [0, 0.05) is 18.8 Å². The first-order valence-corrected chi connectivity index (χ1v) is 9.52. The Labute approximate surface area is 179 Å². The molecular weight excluding hydrogens is 398 g/mol. The third-order valence-corrected chi connectivity index (χ3v) is 4.54. The summed E-state index contributed by atoms with van der Waals surface area (Å²) in [7, 11) is 1.57. The lowest BCUT2D eigenvalue weighted by Gasteiger charge is -2.18. The normalized spacial score (nSPS) is 11.4. The lowest BCUT2D eigenvalue weighted by atomic mass is 10.0. The van der Waals surface area contributed by atoms with Gasteiger partial charge < -0.3 is 21.1 Å². The highest BCUT2D eigenvalue weighted by Crippen LogP contribution is 2.21. The molecule has 1 aromatic heterocycles. The average molecular weight is 421 g/mol. The van der Waals surface area contributed by atoms with Gasteiger partial charge in [-0.05, 0) is 48.0 Å². The Morgan fingerprint density at radius 3 is 2.29 bits per heavy atom. The van der Waals surface area contributed by atoms with Gasteiger partial charge in [0.05, 0.1) is 25.3 Å². The van der Waals surface area contributed by atoms with Gasteiger partial charge in [0.15, 0.2) is 0 Å². The molecule has 3 amide bonds. The fraction of sp³-hybridized carbons (Fsp3) is 0.182. The van der Waals surface area contributed by atoms with Crippen LogP contribution in [0.1, 0.15) is 35.4 Å². The van der Waals surface area contributed by atoms with Gasteiger partial charge >= 0.3 is 0 Å². The molecule has 0 fully saturated rings. The Morgan fingerprint density at radius 1 is 1.06 bits per heavy atom. The molecular formula is C22H23N5O4. The minimum absolute atomic E-state index is 0.0643. The Balaban J connectivity index is 1.66. The summed E-state index contributed by atoms with van der Waals surface area (Å²) < 4.78 is 6.67. The molecule has 0 radical (unpaired) electrons. The van der Waals surface area contributed by atoms with Crippen molar-refractivity contribution in [1.29, 1.82) is 0 Å².